The van der Waals surface area contributed by atoms with Crippen molar-refractivity contribution in [1.82, 2.24) is 9.55 Å². The van der Waals surface area contributed by atoms with E-state index in [1.165, 1.54) is 12.5 Å². The Morgan fingerprint density at radius 1 is 1.39 bits per heavy atom. The van der Waals surface area contributed by atoms with Crippen molar-refractivity contribution < 1.29 is 8.42 Å². The maximum absolute atomic E-state index is 12.1. The normalized spacial score (nSPS) is 11.4. The number of nitrogen functional groups attached to an aromatic ring is 1. The molecule has 18 heavy (non-hydrogen) atoms. The standard InChI is InChI=1S/C11H14N4O2S/c1-8-4-3-5-9(12)11(8)14-18(16,17)10-6-15(2)7-13-10/h3-7,14H,12H2,1-2H3. The van der Waals surface area contributed by atoms with Crippen molar-refractivity contribution in [3.05, 3.63) is 36.3 Å². The van der Waals surface area contributed by atoms with E-state index in [0.717, 1.165) is 5.56 Å². The second kappa shape index (κ2) is 4.34. The fourth-order valence-corrected chi connectivity index (χ4v) is 2.69. The lowest BCUT2D eigenvalue weighted by molar-refractivity contribution is 0.598. The van der Waals surface area contributed by atoms with Gasteiger partial charge in [-0.3, -0.25) is 4.72 Å². The van der Waals surface area contributed by atoms with Gasteiger partial charge >= 0.3 is 0 Å². The maximum atomic E-state index is 12.1. The Bertz CT molecular complexity index is 656. The first kappa shape index (κ1) is 12.4. The van der Waals surface area contributed by atoms with Gasteiger partial charge in [-0.2, -0.15) is 8.42 Å². The van der Waals surface area contributed by atoms with Gasteiger partial charge in [0.2, 0.25) is 0 Å². The molecule has 1 heterocycles. The number of nitrogens with two attached hydrogens (primary N) is 1. The lowest BCUT2D eigenvalue weighted by Gasteiger charge is -2.11. The Balaban J connectivity index is 2.40. The van der Waals surface area contributed by atoms with Crippen LogP contribution in [0.4, 0.5) is 11.4 Å². The summed E-state index contributed by atoms with van der Waals surface area (Å²) in [6, 6.07) is 5.19. The zero-order valence-electron chi connectivity index (χ0n) is 10.1. The number of sulfonamides is 1. The molecule has 2 rings (SSSR count). The minimum absolute atomic E-state index is 0.0346. The highest BCUT2D eigenvalue weighted by molar-refractivity contribution is 7.92. The van der Waals surface area contributed by atoms with Crippen LogP contribution in [0.25, 0.3) is 0 Å². The summed E-state index contributed by atoms with van der Waals surface area (Å²) in [4.78, 5) is 3.81. The van der Waals surface area contributed by atoms with Gasteiger partial charge in [0.05, 0.1) is 17.7 Å². The molecular formula is C11H14N4O2S. The number of para-hydroxylation sites is 1. The molecule has 0 spiro atoms. The van der Waals surface area contributed by atoms with Gasteiger partial charge < -0.3 is 10.3 Å². The van der Waals surface area contributed by atoms with E-state index in [0.29, 0.717) is 11.4 Å². The molecule has 0 amide bonds. The van der Waals surface area contributed by atoms with Gasteiger partial charge in [0.1, 0.15) is 0 Å². The Morgan fingerprint density at radius 2 is 2.11 bits per heavy atom. The van der Waals surface area contributed by atoms with Gasteiger partial charge in [0.15, 0.2) is 5.03 Å². The molecule has 0 bridgehead atoms. The number of hydrogen-bond donors (Lipinski definition) is 2. The molecule has 0 aliphatic rings. The summed E-state index contributed by atoms with van der Waals surface area (Å²) >= 11 is 0. The third-order valence-corrected chi connectivity index (χ3v) is 3.73. The molecule has 0 fully saturated rings. The number of imidazole rings is 1. The summed E-state index contributed by atoms with van der Waals surface area (Å²) in [6.07, 6.45) is 2.85. The lowest BCUT2D eigenvalue weighted by Crippen LogP contribution is -2.15. The van der Waals surface area contributed by atoms with E-state index in [1.54, 1.807) is 36.7 Å². The van der Waals surface area contributed by atoms with Crippen molar-refractivity contribution in [3.63, 3.8) is 0 Å². The molecule has 1 aromatic heterocycles. The van der Waals surface area contributed by atoms with E-state index < -0.39 is 10.0 Å². The van der Waals surface area contributed by atoms with Crippen LogP contribution >= 0.6 is 0 Å². The third-order valence-electron chi connectivity index (χ3n) is 2.50. The first-order valence-corrected chi connectivity index (χ1v) is 6.74. The highest BCUT2D eigenvalue weighted by Gasteiger charge is 2.19. The highest BCUT2D eigenvalue weighted by Crippen LogP contribution is 2.25. The Hall–Kier alpha value is -2.02. The molecule has 0 radical (unpaired) electrons. The molecule has 0 atom stereocenters. The van der Waals surface area contributed by atoms with Crippen molar-refractivity contribution in [3.8, 4) is 0 Å². The Labute approximate surface area is 106 Å². The number of aryl methyl sites for hydroxylation is 2. The van der Waals surface area contributed by atoms with Gasteiger partial charge in [-0.1, -0.05) is 12.1 Å². The molecule has 2 aromatic rings. The largest absolute Gasteiger partial charge is 0.397 e. The van der Waals surface area contributed by atoms with E-state index in [1.807, 2.05) is 0 Å². The number of hydrogen-bond acceptors (Lipinski definition) is 4. The molecule has 1 aromatic carbocycles. The average molecular weight is 266 g/mol. The summed E-state index contributed by atoms with van der Waals surface area (Å²) in [5, 5.41) is -0.0346. The van der Waals surface area contributed by atoms with E-state index >= 15 is 0 Å². The van der Waals surface area contributed by atoms with Crippen LogP contribution in [0.3, 0.4) is 0 Å². The van der Waals surface area contributed by atoms with E-state index in [2.05, 4.69) is 9.71 Å². The molecule has 3 N–H and O–H groups in total. The Kier molecular flexibility index (Phi) is 3.00. The quantitative estimate of drug-likeness (QED) is 0.814. The van der Waals surface area contributed by atoms with Gasteiger partial charge in [-0.15, -0.1) is 0 Å². The fourth-order valence-electron chi connectivity index (χ4n) is 1.54. The zero-order valence-corrected chi connectivity index (χ0v) is 10.9. The summed E-state index contributed by atoms with van der Waals surface area (Å²) in [5.74, 6) is 0. The molecule has 0 saturated heterocycles. The molecule has 0 unspecified atom stereocenters. The summed E-state index contributed by atoms with van der Waals surface area (Å²) < 4.78 is 28.2. The van der Waals surface area contributed by atoms with Crippen LogP contribution in [0.15, 0.2) is 35.7 Å². The molecular weight excluding hydrogens is 252 g/mol. The van der Waals surface area contributed by atoms with E-state index in [4.69, 9.17) is 5.73 Å². The second-order valence-electron chi connectivity index (χ2n) is 4.02. The van der Waals surface area contributed by atoms with Crippen LogP contribution in [0.2, 0.25) is 0 Å². The third kappa shape index (κ3) is 2.30. The van der Waals surface area contributed by atoms with Gasteiger partial charge in [0.25, 0.3) is 10.0 Å². The maximum Gasteiger partial charge on any atom is 0.281 e. The first-order valence-electron chi connectivity index (χ1n) is 5.26. The van der Waals surface area contributed by atoms with Crippen molar-refractivity contribution in [1.29, 1.82) is 0 Å². The van der Waals surface area contributed by atoms with E-state index in [-0.39, 0.29) is 5.03 Å². The van der Waals surface area contributed by atoms with E-state index in [9.17, 15) is 8.42 Å². The fraction of sp³-hybridized carbons (Fsp3) is 0.182. The van der Waals surface area contributed by atoms with Crippen molar-refractivity contribution in [2.24, 2.45) is 7.05 Å². The molecule has 96 valence electrons. The number of benzene rings is 1. The molecule has 0 aliphatic carbocycles. The molecule has 6 nitrogen and oxygen atoms in total. The van der Waals surface area contributed by atoms with Crippen molar-refractivity contribution >= 4 is 21.4 Å². The summed E-state index contributed by atoms with van der Waals surface area (Å²) in [6.45, 7) is 1.78. The molecule has 0 saturated carbocycles. The smallest absolute Gasteiger partial charge is 0.281 e. The predicted octanol–water partition coefficient (Wildman–Crippen LogP) is 1.11. The summed E-state index contributed by atoms with van der Waals surface area (Å²) in [5.41, 5.74) is 7.29. The number of rotatable bonds is 3. The monoisotopic (exact) mass is 266 g/mol. The van der Waals surface area contributed by atoms with Crippen LogP contribution in [-0.4, -0.2) is 18.0 Å². The van der Waals surface area contributed by atoms with Crippen LogP contribution < -0.4 is 10.5 Å². The topological polar surface area (TPSA) is 90.0 Å². The number of anilines is 2. The minimum Gasteiger partial charge on any atom is -0.397 e. The van der Waals surface area contributed by atoms with Crippen LogP contribution in [0.5, 0.6) is 0 Å². The zero-order chi connectivity index (χ0) is 13.3. The average Bonchev–Trinajstić information content (AvgIpc) is 2.71. The first-order chi connectivity index (χ1) is 8.40. The van der Waals surface area contributed by atoms with Gasteiger partial charge in [-0.05, 0) is 18.6 Å². The minimum atomic E-state index is -3.70. The number of nitrogens with one attached hydrogen (secondary N) is 1. The highest BCUT2D eigenvalue weighted by atomic mass is 32.2. The van der Waals surface area contributed by atoms with Crippen LogP contribution in [0, 0.1) is 6.92 Å². The lowest BCUT2D eigenvalue weighted by atomic mass is 10.2. The van der Waals surface area contributed by atoms with Crippen LogP contribution in [0.1, 0.15) is 5.56 Å². The predicted molar refractivity (Wildman–Crippen MR) is 69.6 cm³/mol. The Morgan fingerprint density at radius 3 is 2.67 bits per heavy atom. The van der Waals surface area contributed by atoms with Gasteiger partial charge in [-0.25, -0.2) is 4.98 Å². The SMILES string of the molecule is Cc1cccc(N)c1NS(=O)(=O)c1cn(C)cn1. The molecule has 7 heteroatoms. The van der Waals surface area contributed by atoms with Gasteiger partial charge in [0, 0.05) is 13.2 Å². The van der Waals surface area contributed by atoms with Crippen molar-refractivity contribution in [2.75, 3.05) is 10.5 Å². The second-order valence-corrected chi connectivity index (χ2v) is 5.65. The van der Waals surface area contributed by atoms with Crippen molar-refractivity contribution in [2.45, 2.75) is 11.9 Å². The number of aromatic nitrogens is 2. The number of nitrogens with zero attached hydrogens (tertiary/aromatic N) is 2. The summed E-state index contributed by atoms with van der Waals surface area (Å²) in [7, 11) is -2.00. The molecule has 0 aliphatic heterocycles. The van der Waals surface area contributed by atoms with Crippen LogP contribution in [-0.2, 0) is 17.1 Å².